The molecule has 3 aromatic carbocycles. The third-order valence-electron chi connectivity index (χ3n) is 9.68. The minimum absolute atomic E-state index is 0.575. The molecule has 6 rings (SSSR count). The van der Waals surface area contributed by atoms with Crippen LogP contribution in [0, 0.1) is 0 Å². The molecule has 1 N–H and O–H groups in total. The zero-order valence-corrected chi connectivity index (χ0v) is 30.5. The van der Waals surface area contributed by atoms with E-state index in [0.29, 0.717) is 6.42 Å². The zero-order chi connectivity index (χ0) is 35.3. The van der Waals surface area contributed by atoms with Crippen molar-refractivity contribution >= 4 is 39.9 Å². The quantitative estimate of drug-likeness (QED) is 0.151. The summed E-state index contributed by atoms with van der Waals surface area (Å²) in [4.78, 5) is 26.0. The summed E-state index contributed by atoms with van der Waals surface area (Å²) in [6.07, 6.45) is 4.31. The fourth-order valence-corrected chi connectivity index (χ4v) is 6.75. The Morgan fingerprint density at radius 2 is 1.12 bits per heavy atom. The van der Waals surface area contributed by atoms with E-state index in [0.717, 1.165) is 88.3 Å². The number of pyridine rings is 2. The minimum atomic E-state index is -0.575. The Morgan fingerprint density at radius 1 is 0.620 bits per heavy atom. The summed E-state index contributed by atoms with van der Waals surface area (Å²) in [5.74, 6) is 0. The summed E-state index contributed by atoms with van der Waals surface area (Å²) in [5, 5.41) is 3.83. The number of hydrogen-bond acceptors (Lipinski definition) is 6. The predicted molar refractivity (Wildman–Crippen MR) is 211 cm³/mol. The summed E-state index contributed by atoms with van der Waals surface area (Å²) < 4.78 is 0. The lowest BCUT2D eigenvalue weighted by atomic mass is 9.88. The molecule has 0 saturated carbocycles. The Morgan fingerprint density at radius 3 is 1.68 bits per heavy atom. The van der Waals surface area contributed by atoms with Crippen LogP contribution in [0.3, 0.4) is 0 Å². The molecule has 6 heteroatoms. The van der Waals surface area contributed by atoms with Crippen LogP contribution >= 0.6 is 0 Å². The van der Waals surface area contributed by atoms with Crippen LogP contribution in [0.15, 0.2) is 112 Å². The summed E-state index contributed by atoms with van der Waals surface area (Å²) in [5.41, 5.74) is 14.5. The Hall–Kier alpha value is -5.23. The number of aryl methyl sites for hydroxylation is 4. The molecule has 0 aliphatic carbocycles. The van der Waals surface area contributed by atoms with Crippen molar-refractivity contribution in [2.45, 2.75) is 86.1 Å². The molecule has 0 saturated heterocycles. The summed E-state index contributed by atoms with van der Waals surface area (Å²) in [6.45, 7) is 15.0. The molecule has 0 amide bonds. The molecule has 1 unspecified atom stereocenters. The van der Waals surface area contributed by atoms with Crippen LogP contribution < -0.4 is 5.32 Å². The van der Waals surface area contributed by atoms with Crippen molar-refractivity contribution in [1.29, 1.82) is 0 Å². The van der Waals surface area contributed by atoms with Crippen molar-refractivity contribution in [2.24, 2.45) is 15.0 Å². The van der Waals surface area contributed by atoms with Gasteiger partial charge in [0.15, 0.2) is 0 Å². The topological polar surface area (TPSA) is 74.9 Å². The number of para-hydroxylation sites is 4. The highest BCUT2D eigenvalue weighted by Crippen LogP contribution is 2.38. The van der Waals surface area contributed by atoms with Crippen LogP contribution in [0.5, 0.6) is 0 Å². The van der Waals surface area contributed by atoms with E-state index in [4.69, 9.17) is 24.9 Å². The van der Waals surface area contributed by atoms with Gasteiger partial charge in [-0.2, -0.15) is 0 Å². The number of benzene rings is 3. The first-order valence-electron chi connectivity index (χ1n) is 18.0. The van der Waals surface area contributed by atoms with Gasteiger partial charge in [0.25, 0.3) is 0 Å². The third kappa shape index (κ3) is 7.20. The standard InChI is InChI=1S/C44H48N6/c1-8-31-18-14-19-32(9-2)42(31)45-29(5)35-24-16-26-38(47-35)40-28-44(7,50-39-23-13-12-22-37(39)48-40)41-27-17-25-36(49-41)30(6)46-43-33(10-3)20-15-21-34(43)11-4/h12-27,50H,8-11,28H2,1-7H3. The Labute approximate surface area is 297 Å². The van der Waals surface area contributed by atoms with E-state index in [1.807, 2.05) is 18.2 Å². The van der Waals surface area contributed by atoms with Gasteiger partial charge >= 0.3 is 0 Å². The van der Waals surface area contributed by atoms with Crippen molar-refractivity contribution < 1.29 is 0 Å². The molecule has 5 aromatic rings. The normalized spacial score (nSPS) is 16.3. The van der Waals surface area contributed by atoms with Crippen molar-refractivity contribution in [1.82, 2.24) is 9.97 Å². The fourth-order valence-electron chi connectivity index (χ4n) is 6.75. The van der Waals surface area contributed by atoms with Gasteiger partial charge in [-0.05, 0) is 105 Å². The number of nitrogens with one attached hydrogen (secondary N) is 1. The van der Waals surface area contributed by atoms with E-state index < -0.39 is 5.54 Å². The first-order valence-corrected chi connectivity index (χ1v) is 18.0. The first-order chi connectivity index (χ1) is 24.3. The molecular formula is C44H48N6. The first kappa shape index (κ1) is 34.6. The maximum atomic E-state index is 5.26. The summed E-state index contributed by atoms with van der Waals surface area (Å²) in [7, 11) is 0. The van der Waals surface area contributed by atoms with Crippen molar-refractivity contribution in [3.05, 3.63) is 142 Å². The van der Waals surface area contributed by atoms with Crippen molar-refractivity contribution in [2.75, 3.05) is 5.32 Å². The van der Waals surface area contributed by atoms with Gasteiger partial charge in [0, 0.05) is 6.42 Å². The molecule has 0 bridgehead atoms. The second kappa shape index (κ2) is 15.1. The Balaban J connectivity index is 1.39. The molecule has 2 aromatic heterocycles. The smallest absolute Gasteiger partial charge is 0.0865 e. The third-order valence-corrected chi connectivity index (χ3v) is 9.68. The van der Waals surface area contributed by atoms with E-state index >= 15 is 0 Å². The highest BCUT2D eigenvalue weighted by atomic mass is 15.0. The fraction of sp³-hybridized carbons (Fsp3) is 0.295. The number of anilines is 1. The van der Waals surface area contributed by atoms with E-state index in [-0.39, 0.29) is 0 Å². The highest BCUT2D eigenvalue weighted by Gasteiger charge is 2.34. The maximum Gasteiger partial charge on any atom is 0.0865 e. The second-order valence-corrected chi connectivity index (χ2v) is 13.2. The van der Waals surface area contributed by atoms with E-state index in [1.165, 1.54) is 22.3 Å². The SMILES string of the molecule is CCc1cccc(CC)c1N=C(C)c1cccc(C2=Nc3ccccc3NC(C)(c3cccc(C(C)=Nc4c(CC)cccc4CC)n3)C2)n1. The maximum absolute atomic E-state index is 5.26. The molecule has 3 heterocycles. The van der Waals surface area contributed by atoms with Crippen LogP contribution in [-0.2, 0) is 31.2 Å². The number of hydrogen-bond donors (Lipinski definition) is 1. The van der Waals surface area contributed by atoms with Crippen LogP contribution in [0.4, 0.5) is 22.7 Å². The van der Waals surface area contributed by atoms with E-state index in [1.54, 1.807) is 0 Å². The summed E-state index contributed by atoms with van der Waals surface area (Å²) >= 11 is 0. The lowest BCUT2D eigenvalue weighted by Gasteiger charge is -2.31. The van der Waals surface area contributed by atoms with Gasteiger partial charge in [0.05, 0.1) is 68.2 Å². The molecule has 1 aliphatic rings. The van der Waals surface area contributed by atoms with Gasteiger partial charge < -0.3 is 5.32 Å². The van der Waals surface area contributed by atoms with Crippen molar-refractivity contribution in [3.63, 3.8) is 0 Å². The van der Waals surface area contributed by atoms with E-state index in [9.17, 15) is 0 Å². The molecule has 0 fully saturated rings. The van der Waals surface area contributed by atoms with Gasteiger partial charge in [-0.1, -0.05) is 88.4 Å². The second-order valence-electron chi connectivity index (χ2n) is 13.2. The number of rotatable bonds is 10. The Kier molecular flexibility index (Phi) is 10.5. The lowest BCUT2D eigenvalue weighted by Crippen LogP contribution is -2.35. The Bertz CT molecular complexity index is 2060. The van der Waals surface area contributed by atoms with Crippen LogP contribution in [0.1, 0.15) is 99.9 Å². The molecule has 6 nitrogen and oxygen atoms in total. The summed E-state index contributed by atoms with van der Waals surface area (Å²) in [6, 6.07) is 33.5. The number of fused-ring (bicyclic) bond motifs is 1. The lowest BCUT2D eigenvalue weighted by molar-refractivity contribution is 0.551. The number of aliphatic imine (C=N–C) groups is 3. The van der Waals surface area contributed by atoms with Gasteiger partial charge in [0.2, 0.25) is 0 Å². The van der Waals surface area contributed by atoms with Crippen LogP contribution in [0.2, 0.25) is 0 Å². The molecule has 1 aliphatic heterocycles. The predicted octanol–water partition coefficient (Wildman–Crippen LogP) is 10.9. The van der Waals surface area contributed by atoms with Crippen molar-refractivity contribution in [3.8, 4) is 0 Å². The molecule has 254 valence electrons. The highest BCUT2D eigenvalue weighted by molar-refractivity contribution is 6.05. The largest absolute Gasteiger partial charge is 0.372 e. The van der Waals surface area contributed by atoms with Gasteiger partial charge in [-0.3, -0.25) is 9.98 Å². The minimum Gasteiger partial charge on any atom is -0.372 e. The molecule has 1 atom stereocenters. The van der Waals surface area contributed by atoms with Gasteiger partial charge in [-0.25, -0.2) is 15.0 Å². The number of aromatic nitrogens is 2. The molecule has 0 spiro atoms. The van der Waals surface area contributed by atoms with Crippen LogP contribution in [0.25, 0.3) is 0 Å². The molecule has 50 heavy (non-hydrogen) atoms. The zero-order valence-electron chi connectivity index (χ0n) is 30.5. The van der Waals surface area contributed by atoms with E-state index in [2.05, 4.69) is 133 Å². The molecule has 0 radical (unpaired) electrons. The molecular weight excluding hydrogens is 613 g/mol. The average Bonchev–Trinajstić information content (AvgIpc) is 3.31. The monoisotopic (exact) mass is 660 g/mol. The van der Waals surface area contributed by atoms with Crippen LogP contribution in [-0.4, -0.2) is 27.1 Å². The van der Waals surface area contributed by atoms with Gasteiger partial charge in [0.1, 0.15) is 0 Å². The average molecular weight is 661 g/mol. The number of nitrogens with zero attached hydrogens (tertiary/aromatic N) is 5. The van der Waals surface area contributed by atoms with Gasteiger partial charge in [-0.15, -0.1) is 0 Å².